The smallest absolute Gasteiger partial charge is 0.227 e. The van der Waals surface area contributed by atoms with Crippen molar-refractivity contribution in [1.82, 2.24) is 4.90 Å². The molecule has 2 aromatic rings. The molecular weight excluding hydrogens is 326 g/mol. The number of benzene rings is 2. The summed E-state index contributed by atoms with van der Waals surface area (Å²) in [6.07, 6.45) is 0.109. The molecule has 1 heterocycles. The predicted molar refractivity (Wildman–Crippen MR) is 91.8 cm³/mol. The maximum atomic E-state index is 13.4. The van der Waals surface area contributed by atoms with E-state index in [0.29, 0.717) is 37.5 Å². The van der Waals surface area contributed by atoms with E-state index in [2.05, 4.69) is 4.90 Å². The molecule has 3 rings (SSSR count). The minimum absolute atomic E-state index is 0.0531. The molecule has 6 heteroatoms. The number of halogens is 2. The monoisotopic (exact) mass is 346 g/mol. The number of piperazine rings is 1. The summed E-state index contributed by atoms with van der Waals surface area (Å²) in [4.78, 5) is 16.4. The standard InChI is InChI=1S/C19H20F2N2O2/c1-25-18-7-4-16(21)12-14(18)13-19(24)23-10-8-22(9-11-23)17-5-2-15(20)3-6-17/h2-7,12H,8-11,13H2,1H3. The van der Waals surface area contributed by atoms with Gasteiger partial charge in [-0.25, -0.2) is 8.78 Å². The van der Waals surface area contributed by atoms with Gasteiger partial charge in [-0.2, -0.15) is 0 Å². The summed E-state index contributed by atoms with van der Waals surface area (Å²) in [5, 5.41) is 0. The second-order valence-electron chi connectivity index (χ2n) is 5.98. The fourth-order valence-corrected chi connectivity index (χ4v) is 3.03. The third-order valence-corrected chi connectivity index (χ3v) is 4.41. The van der Waals surface area contributed by atoms with Crippen LogP contribution in [-0.2, 0) is 11.2 Å². The number of carbonyl (C=O) groups excluding carboxylic acids is 1. The van der Waals surface area contributed by atoms with Crippen molar-refractivity contribution in [2.24, 2.45) is 0 Å². The molecular formula is C19H20F2N2O2. The lowest BCUT2D eigenvalue weighted by Gasteiger charge is -2.36. The van der Waals surface area contributed by atoms with Crippen molar-refractivity contribution in [3.63, 3.8) is 0 Å². The zero-order valence-electron chi connectivity index (χ0n) is 14.0. The summed E-state index contributed by atoms with van der Waals surface area (Å²) in [6, 6.07) is 10.5. The van der Waals surface area contributed by atoms with Crippen molar-refractivity contribution in [3.05, 3.63) is 59.7 Å². The van der Waals surface area contributed by atoms with Crippen LogP contribution in [0.15, 0.2) is 42.5 Å². The van der Waals surface area contributed by atoms with Crippen LogP contribution in [0, 0.1) is 11.6 Å². The predicted octanol–water partition coefficient (Wildman–Crippen LogP) is 2.86. The van der Waals surface area contributed by atoms with Gasteiger partial charge in [0.2, 0.25) is 5.91 Å². The van der Waals surface area contributed by atoms with Gasteiger partial charge in [0.25, 0.3) is 0 Å². The molecule has 25 heavy (non-hydrogen) atoms. The molecule has 0 atom stereocenters. The van der Waals surface area contributed by atoms with E-state index in [0.717, 1.165) is 5.69 Å². The van der Waals surface area contributed by atoms with Crippen molar-refractivity contribution >= 4 is 11.6 Å². The molecule has 0 aromatic heterocycles. The highest BCUT2D eigenvalue weighted by Gasteiger charge is 2.22. The highest BCUT2D eigenvalue weighted by Crippen LogP contribution is 2.22. The summed E-state index contributed by atoms with van der Waals surface area (Å²) in [7, 11) is 1.50. The van der Waals surface area contributed by atoms with Gasteiger partial charge in [-0.05, 0) is 42.5 Å². The van der Waals surface area contributed by atoms with Gasteiger partial charge in [-0.15, -0.1) is 0 Å². The van der Waals surface area contributed by atoms with E-state index in [4.69, 9.17) is 4.74 Å². The lowest BCUT2D eigenvalue weighted by Crippen LogP contribution is -2.49. The summed E-state index contributed by atoms with van der Waals surface area (Å²) in [5.41, 5.74) is 1.49. The normalized spacial score (nSPS) is 14.5. The molecule has 0 spiro atoms. The van der Waals surface area contributed by atoms with Crippen molar-refractivity contribution in [2.45, 2.75) is 6.42 Å². The minimum atomic E-state index is -0.385. The number of methoxy groups -OCH3 is 1. The Hall–Kier alpha value is -2.63. The molecule has 0 N–H and O–H groups in total. The van der Waals surface area contributed by atoms with Crippen molar-refractivity contribution in [3.8, 4) is 5.75 Å². The van der Waals surface area contributed by atoms with Gasteiger partial charge in [0.15, 0.2) is 0 Å². The summed E-state index contributed by atoms with van der Waals surface area (Å²) in [6.45, 7) is 2.51. The number of hydrogen-bond donors (Lipinski definition) is 0. The minimum Gasteiger partial charge on any atom is -0.496 e. The molecule has 1 aliphatic heterocycles. The molecule has 2 aromatic carbocycles. The molecule has 1 amide bonds. The number of anilines is 1. The van der Waals surface area contributed by atoms with Crippen molar-refractivity contribution in [2.75, 3.05) is 38.2 Å². The number of hydrogen-bond acceptors (Lipinski definition) is 3. The molecule has 0 aliphatic carbocycles. The molecule has 132 valence electrons. The third-order valence-electron chi connectivity index (χ3n) is 4.41. The van der Waals surface area contributed by atoms with Crippen LogP contribution in [0.25, 0.3) is 0 Å². The number of ether oxygens (including phenoxy) is 1. The first-order chi connectivity index (χ1) is 12.1. The van der Waals surface area contributed by atoms with Crippen LogP contribution in [0.3, 0.4) is 0 Å². The van der Waals surface area contributed by atoms with Crippen molar-refractivity contribution < 1.29 is 18.3 Å². The van der Waals surface area contributed by atoms with E-state index in [1.54, 1.807) is 17.0 Å². The molecule has 0 bridgehead atoms. The first-order valence-electron chi connectivity index (χ1n) is 8.17. The summed E-state index contributed by atoms with van der Waals surface area (Å²) >= 11 is 0. The highest BCUT2D eigenvalue weighted by atomic mass is 19.1. The van der Waals surface area contributed by atoms with Gasteiger partial charge in [-0.1, -0.05) is 0 Å². The van der Waals surface area contributed by atoms with E-state index < -0.39 is 0 Å². The highest BCUT2D eigenvalue weighted by molar-refractivity contribution is 5.79. The van der Waals surface area contributed by atoms with E-state index in [-0.39, 0.29) is 24.0 Å². The number of carbonyl (C=O) groups is 1. The topological polar surface area (TPSA) is 32.8 Å². The fraction of sp³-hybridized carbons (Fsp3) is 0.316. The number of nitrogens with zero attached hydrogens (tertiary/aromatic N) is 2. The summed E-state index contributed by atoms with van der Waals surface area (Å²) < 4.78 is 31.6. The Balaban J connectivity index is 1.60. The SMILES string of the molecule is COc1ccc(F)cc1CC(=O)N1CCN(c2ccc(F)cc2)CC1. The average molecular weight is 346 g/mol. The summed E-state index contributed by atoms with van der Waals surface area (Å²) in [5.74, 6) is -0.186. The quantitative estimate of drug-likeness (QED) is 0.853. The van der Waals surface area contributed by atoms with Crippen LogP contribution in [0.5, 0.6) is 5.75 Å². The molecule has 0 saturated carbocycles. The van der Waals surface area contributed by atoms with Gasteiger partial charge in [0.05, 0.1) is 13.5 Å². The Morgan fingerprint density at radius 2 is 1.64 bits per heavy atom. The van der Waals surface area contributed by atoms with Crippen LogP contribution in [0.2, 0.25) is 0 Å². The number of rotatable bonds is 4. The third kappa shape index (κ3) is 4.07. The molecule has 0 radical (unpaired) electrons. The molecule has 0 unspecified atom stereocenters. The van der Waals surface area contributed by atoms with Gasteiger partial charge < -0.3 is 14.5 Å². The largest absolute Gasteiger partial charge is 0.496 e. The zero-order chi connectivity index (χ0) is 17.8. The lowest BCUT2D eigenvalue weighted by molar-refractivity contribution is -0.130. The first kappa shape index (κ1) is 17.2. The van der Waals surface area contributed by atoms with E-state index in [1.807, 2.05) is 0 Å². The maximum Gasteiger partial charge on any atom is 0.227 e. The second kappa shape index (κ2) is 7.51. The molecule has 1 saturated heterocycles. The molecule has 1 aliphatic rings. The lowest BCUT2D eigenvalue weighted by atomic mass is 10.1. The van der Waals surface area contributed by atoms with Gasteiger partial charge >= 0.3 is 0 Å². The Bertz CT molecular complexity index is 742. The Morgan fingerprint density at radius 1 is 1.00 bits per heavy atom. The van der Waals surface area contributed by atoms with Crippen molar-refractivity contribution in [1.29, 1.82) is 0 Å². The Kier molecular flexibility index (Phi) is 5.16. The van der Waals surface area contributed by atoms with Gasteiger partial charge in [0.1, 0.15) is 17.4 Å². The van der Waals surface area contributed by atoms with Gasteiger partial charge in [0, 0.05) is 37.4 Å². The van der Waals surface area contributed by atoms with Crippen LogP contribution < -0.4 is 9.64 Å². The Morgan fingerprint density at radius 3 is 2.28 bits per heavy atom. The maximum absolute atomic E-state index is 13.4. The van der Waals surface area contributed by atoms with Crippen LogP contribution in [0.4, 0.5) is 14.5 Å². The van der Waals surface area contributed by atoms with Gasteiger partial charge in [-0.3, -0.25) is 4.79 Å². The second-order valence-corrected chi connectivity index (χ2v) is 5.98. The van der Waals surface area contributed by atoms with Crippen LogP contribution >= 0.6 is 0 Å². The van der Waals surface area contributed by atoms with E-state index in [9.17, 15) is 13.6 Å². The van der Waals surface area contributed by atoms with E-state index >= 15 is 0 Å². The zero-order valence-corrected chi connectivity index (χ0v) is 14.0. The van der Waals surface area contributed by atoms with Crippen LogP contribution in [-0.4, -0.2) is 44.1 Å². The number of amides is 1. The van der Waals surface area contributed by atoms with Crippen LogP contribution in [0.1, 0.15) is 5.56 Å². The van der Waals surface area contributed by atoms with E-state index in [1.165, 1.54) is 37.4 Å². The molecule has 4 nitrogen and oxygen atoms in total. The fourth-order valence-electron chi connectivity index (χ4n) is 3.03. The Labute approximate surface area is 145 Å². The molecule has 1 fully saturated rings. The average Bonchev–Trinajstić information content (AvgIpc) is 2.63. The first-order valence-corrected chi connectivity index (χ1v) is 8.17.